The van der Waals surface area contributed by atoms with Crippen LogP contribution in [-0.2, 0) is 0 Å². The van der Waals surface area contributed by atoms with Crippen molar-refractivity contribution in [2.24, 2.45) is 0 Å². The standard InChI is InChI=1S/C13H14N4O2/c1-2-19-12-4-3-10(8-16-12)17-13(18)9-5-6-15-11(14)7-9/h3-8H,2H2,1H3,(H2,14,15)(H,17,18). The van der Waals surface area contributed by atoms with E-state index in [1.165, 1.54) is 18.5 Å². The van der Waals surface area contributed by atoms with Gasteiger partial charge in [0.1, 0.15) is 5.82 Å². The van der Waals surface area contributed by atoms with E-state index in [9.17, 15) is 4.79 Å². The summed E-state index contributed by atoms with van der Waals surface area (Å²) < 4.78 is 5.22. The molecule has 6 nitrogen and oxygen atoms in total. The van der Waals surface area contributed by atoms with E-state index in [0.29, 0.717) is 29.6 Å². The fraction of sp³-hybridized carbons (Fsp3) is 0.154. The second-order valence-corrected chi connectivity index (χ2v) is 3.74. The van der Waals surface area contributed by atoms with E-state index < -0.39 is 0 Å². The number of aromatic nitrogens is 2. The molecule has 98 valence electrons. The first-order valence-corrected chi connectivity index (χ1v) is 5.81. The van der Waals surface area contributed by atoms with Gasteiger partial charge in [0.15, 0.2) is 0 Å². The third-order valence-electron chi connectivity index (χ3n) is 2.33. The lowest BCUT2D eigenvalue weighted by atomic mass is 10.2. The monoisotopic (exact) mass is 258 g/mol. The van der Waals surface area contributed by atoms with Crippen LogP contribution in [0.2, 0.25) is 0 Å². The Balaban J connectivity index is 2.06. The zero-order chi connectivity index (χ0) is 13.7. The summed E-state index contributed by atoms with van der Waals surface area (Å²) in [5.41, 5.74) is 6.56. The molecule has 0 aliphatic rings. The Labute approximate surface area is 110 Å². The topological polar surface area (TPSA) is 90.1 Å². The first-order chi connectivity index (χ1) is 9.19. The summed E-state index contributed by atoms with van der Waals surface area (Å²) in [7, 11) is 0. The van der Waals surface area contributed by atoms with E-state index in [1.54, 1.807) is 18.2 Å². The Bertz CT molecular complexity index is 569. The highest BCUT2D eigenvalue weighted by Crippen LogP contribution is 2.13. The van der Waals surface area contributed by atoms with Crippen LogP contribution in [0, 0.1) is 0 Å². The number of carbonyl (C=O) groups excluding carboxylic acids is 1. The number of nitrogens with one attached hydrogen (secondary N) is 1. The summed E-state index contributed by atoms with van der Waals surface area (Å²) in [6, 6.07) is 6.52. The van der Waals surface area contributed by atoms with E-state index in [2.05, 4.69) is 15.3 Å². The number of rotatable bonds is 4. The molecule has 1 amide bonds. The van der Waals surface area contributed by atoms with Gasteiger partial charge in [-0.1, -0.05) is 0 Å². The number of pyridine rings is 2. The molecule has 3 N–H and O–H groups in total. The van der Waals surface area contributed by atoms with Crippen molar-refractivity contribution in [3.8, 4) is 5.88 Å². The van der Waals surface area contributed by atoms with Crippen LogP contribution in [0.15, 0.2) is 36.7 Å². The highest BCUT2D eigenvalue weighted by molar-refractivity contribution is 6.04. The summed E-state index contributed by atoms with van der Waals surface area (Å²) in [5.74, 6) is 0.561. The zero-order valence-corrected chi connectivity index (χ0v) is 10.5. The minimum atomic E-state index is -0.264. The number of anilines is 2. The minimum Gasteiger partial charge on any atom is -0.478 e. The second kappa shape index (κ2) is 5.81. The van der Waals surface area contributed by atoms with Crippen molar-refractivity contribution >= 4 is 17.4 Å². The van der Waals surface area contributed by atoms with E-state index >= 15 is 0 Å². The molecule has 0 saturated carbocycles. The Kier molecular flexibility index (Phi) is 3.92. The van der Waals surface area contributed by atoms with Crippen molar-refractivity contribution in [2.45, 2.75) is 6.92 Å². The number of hydrogen-bond donors (Lipinski definition) is 2. The van der Waals surface area contributed by atoms with Crippen molar-refractivity contribution < 1.29 is 9.53 Å². The van der Waals surface area contributed by atoms with E-state index in [-0.39, 0.29) is 5.91 Å². The Morgan fingerprint density at radius 1 is 1.37 bits per heavy atom. The molecule has 0 radical (unpaired) electrons. The molecule has 0 aromatic carbocycles. The molecule has 0 aliphatic heterocycles. The van der Waals surface area contributed by atoms with Crippen LogP contribution in [0.4, 0.5) is 11.5 Å². The Morgan fingerprint density at radius 3 is 2.84 bits per heavy atom. The van der Waals surface area contributed by atoms with Crippen LogP contribution in [0.3, 0.4) is 0 Å². The van der Waals surface area contributed by atoms with E-state index in [0.717, 1.165) is 0 Å². The van der Waals surface area contributed by atoms with Gasteiger partial charge in [0.05, 0.1) is 18.5 Å². The summed E-state index contributed by atoms with van der Waals surface area (Å²) in [6.45, 7) is 2.43. The van der Waals surface area contributed by atoms with Crippen molar-refractivity contribution in [1.29, 1.82) is 0 Å². The van der Waals surface area contributed by atoms with Crippen LogP contribution >= 0.6 is 0 Å². The molecule has 6 heteroatoms. The van der Waals surface area contributed by atoms with Crippen molar-refractivity contribution in [3.05, 3.63) is 42.2 Å². The van der Waals surface area contributed by atoms with Crippen molar-refractivity contribution in [1.82, 2.24) is 9.97 Å². The number of hydrogen-bond acceptors (Lipinski definition) is 5. The maximum atomic E-state index is 11.9. The van der Waals surface area contributed by atoms with Crippen LogP contribution in [0.1, 0.15) is 17.3 Å². The van der Waals surface area contributed by atoms with Gasteiger partial charge in [-0.3, -0.25) is 4.79 Å². The normalized spacial score (nSPS) is 9.95. The molecule has 0 atom stereocenters. The first kappa shape index (κ1) is 12.8. The first-order valence-electron chi connectivity index (χ1n) is 5.81. The summed E-state index contributed by atoms with van der Waals surface area (Å²) >= 11 is 0. The third-order valence-corrected chi connectivity index (χ3v) is 2.33. The van der Waals surface area contributed by atoms with Crippen molar-refractivity contribution in [2.75, 3.05) is 17.7 Å². The molecular formula is C13H14N4O2. The number of carbonyl (C=O) groups is 1. The van der Waals surface area contributed by atoms with Gasteiger partial charge in [-0.05, 0) is 25.1 Å². The molecule has 2 rings (SSSR count). The molecule has 19 heavy (non-hydrogen) atoms. The fourth-order valence-electron chi connectivity index (χ4n) is 1.48. The average molecular weight is 258 g/mol. The lowest BCUT2D eigenvalue weighted by Gasteiger charge is -2.06. The Morgan fingerprint density at radius 2 is 2.21 bits per heavy atom. The Hall–Kier alpha value is -2.63. The number of nitrogens with zero attached hydrogens (tertiary/aromatic N) is 2. The molecule has 2 aromatic rings. The lowest BCUT2D eigenvalue weighted by Crippen LogP contribution is -2.12. The maximum Gasteiger partial charge on any atom is 0.255 e. The molecule has 0 fully saturated rings. The van der Waals surface area contributed by atoms with Gasteiger partial charge < -0.3 is 15.8 Å². The van der Waals surface area contributed by atoms with Crippen LogP contribution in [0.5, 0.6) is 5.88 Å². The smallest absolute Gasteiger partial charge is 0.255 e. The molecule has 2 aromatic heterocycles. The highest BCUT2D eigenvalue weighted by atomic mass is 16.5. The average Bonchev–Trinajstić information content (AvgIpc) is 2.41. The van der Waals surface area contributed by atoms with Gasteiger partial charge in [-0.2, -0.15) is 0 Å². The molecule has 0 unspecified atom stereocenters. The summed E-state index contributed by atoms with van der Waals surface area (Å²) in [6.07, 6.45) is 3.02. The van der Waals surface area contributed by atoms with Gasteiger partial charge in [0.2, 0.25) is 5.88 Å². The fourth-order valence-corrected chi connectivity index (χ4v) is 1.48. The molecule has 0 bridgehead atoms. The van der Waals surface area contributed by atoms with Crippen LogP contribution in [0.25, 0.3) is 0 Å². The van der Waals surface area contributed by atoms with E-state index in [1.807, 2.05) is 6.92 Å². The molecule has 0 saturated heterocycles. The van der Waals surface area contributed by atoms with Gasteiger partial charge in [-0.15, -0.1) is 0 Å². The molecule has 0 spiro atoms. The predicted octanol–water partition coefficient (Wildman–Crippen LogP) is 1.71. The van der Waals surface area contributed by atoms with Gasteiger partial charge in [0, 0.05) is 17.8 Å². The maximum absolute atomic E-state index is 11.9. The zero-order valence-electron chi connectivity index (χ0n) is 10.5. The highest BCUT2D eigenvalue weighted by Gasteiger charge is 2.07. The lowest BCUT2D eigenvalue weighted by molar-refractivity contribution is 0.102. The minimum absolute atomic E-state index is 0.264. The predicted molar refractivity (Wildman–Crippen MR) is 72.0 cm³/mol. The number of amides is 1. The van der Waals surface area contributed by atoms with Gasteiger partial charge >= 0.3 is 0 Å². The van der Waals surface area contributed by atoms with Crippen LogP contribution in [-0.4, -0.2) is 22.5 Å². The van der Waals surface area contributed by atoms with Gasteiger partial charge in [-0.25, -0.2) is 9.97 Å². The number of nitrogen functional groups attached to an aromatic ring is 1. The molecular weight excluding hydrogens is 244 g/mol. The SMILES string of the molecule is CCOc1ccc(NC(=O)c2ccnc(N)c2)cn1. The number of nitrogens with two attached hydrogens (primary N) is 1. The second-order valence-electron chi connectivity index (χ2n) is 3.74. The largest absolute Gasteiger partial charge is 0.478 e. The van der Waals surface area contributed by atoms with Gasteiger partial charge in [0.25, 0.3) is 5.91 Å². The quantitative estimate of drug-likeness (QED) is 0.871. The van der Waals surface area contributed by atoms with E-state index in [4.69, 9.17) is 10.5 Å². The third kappa shape index (κ3) is 3.41. The summed E-state index contributed by atoms with van der Waals surface area (Å²) in [5, 5.41) is 2.71. The molecule has 2 heterocycles. The number of ether oxygens (including phenoxy) is 1. The van der Waals surface area contributed by atoms with Crippen LogP contribution < -0.4 is 15.8 Å². The summed E-state index contributed by atoms with van der Waals surface area (Å²) in [4.78, 5) is 19.8. The van der Waals surface area contributed by atoms with Crippen molar-refractivity contribution in [3.63, 3.8) is 0 Å². The molecule has 0 aliphatic carbocycles.